The number of rotatable bonds is 5. The second kappa shape index (κ2) is 7.64. The predicted molar refractivity (Wildman–Crippen MR) is 84.1 cm³/mol. The maximum absolute atomic E-state index is 12.0. The summed E-state index contributed by atoms with van der Waals surface area (Å²) < 4.78 is 0. The Morgan fingerprint density at radius 2 is 2.05 bits per heavy atom. The minimum atomic E-state index is -0.194. The van der Waals surface area contributed by atoms with Gasteiger partial charge in [0.15, 0.2) is 0 Å². The van der Waals surface area contributed by atoms with Crippen LogP contribution >= 0.6 is 11.6 Å². The Hall–Kier alpha value is -2.07. The third-order valence-corrected chi connectivity index (χ3v) is 3.41. The van der Waals surface area contributed by atoms with Crippen LogP contribution in [0.1, 0.15) is 30.5 Å². The van der Waals surface area contributed by atoms with Crippen LogP contribution in [0.3, 0.4) is 0 Å². The Morgan fingerprint density at radius 1 is 1.29 bits per heavy atom. The molecule has 2 aromatic rings. The van der Waals surface area contributed by atoms with E-state index in [1.54, 1.807) is 12.4 Å². The lowest BCUT2D eigenvalue weighted by Crippen LogP contribution is -2.37. The van der Waals surface area contributed by atoms with E-state index in [2.05, 4.69) is 15.6 Å². The molecular formula is C16H18ClN3O. The summed E-state index contributed by atoms with van der Waals surface area (Å²) >= 11 is 5.88. The molecule has 0 bridgehead atoms. The number of pyridine rings is 1. The number of aromatic nitrogens is 1. The molecule has 0 aliphatic heterocycles. The molecule has 0 radical (unpaired) electrons. The third-order valence-electron chi connectivity index (χ3n) is 3.16. The summed E-state index contributed by atoms with van der Waals surface area (Å²) in [4.78, 5) is 16.0. The van der Waals surface area contributed by atoms with Crippen molar-refractivity contribution in [2.75, 3.05) is 0 Å². The van der Waals surface area contributed by atoms with Gasteiger partial charge in [-0.05, 0) is 35.7 Å². The quantitative estimate of drug-likeness (QED) is 0.885. The molecule has 2 N–H and O–H groups in total. The zero-order chi connectivity index (χ0) is 15.1. The van der Waals surface area contributed by atoms with Crippen molar-refractivity contribution >= 4 is 17.6 Å². The molecule has 2 rings (SSSR count). The van der Waals surface area contributed by atoms with E-state index in [1.807, 2.05) is 43.3 Å². The number of carbonyl (C=O) groups is 1. The minimum absolute atomic E-state index is 0.0313. The van der Waals surface area contributed by atoms with Gasteiger partial charge in [-0.3, -0.25) is 4.98 Å². The Labute approximate surface area is 129 Å². The van der Waals surface area contributed by atoms with E-state index in [0.29, 0.717) is 11.6 Å². The van der Waals surface area contributed by atoms with Crippen molar-refractivity contribution in [2.45, 2.75) is 25.9 Å². The molecule has 4 nitrogen and oxygen atoms in total. The number of carbonyl (C=O) groups excluding carboxylic acids is 1. The van der Waals surface area contributed by atoms with Gasteiger partial charge in [0, 0.05) is 24.0 Å². The molecule has 110 valence electrons. The van der Waals surface area contributed by atoms with Crippen LogP contribution < -0.4 is 10.6 Å². The molecular weight excluding hydrogens is 286 g/mol. The van der Waals surface area contributed by atoms with Gasteiger partial charge in [-0.15, -0.1) is 0 Å². The normalized spacial score (nSPS) is 11.7. The number of halogens is 1. The van der Waals surface area contributed by atoms with E-state index in [0.717, 1.165) is 17.5 Å². The Bertz CT molecular complexity index is 572. The fraction of sp³-hybridized carbons (Fsp3) is 0.250. The Balaban J connectivity index is 1.89. The molecule has 1 heterocycles. The summed E-state index contributed by atoms with van der Waals surface area (Å²) in [7, 11) is 0. The summed E-state index contributed by atoms with van der Waals surface area (Å²) in [6.07, 6.45) is 4.25. The van der Waals surface area contributed by atoms with Crippen molar-refractivity contribution in [2.24, 2.45) is 0 Å². The summed E-state index contributed by atoms with van der Waals surface area (Å²) in [5.74, 6) is 0. The number of nitrogens with one attached hydrogen (secondary N) is 2. The van der Waals surface area contributed by atoms with E-state index < -0.39 is 0 Å². The lowest BCUT2D eigenvalue weighted by molar-refractivity contribution is 0.236. The highest BCUT2D eigenvalue weighted by molar-refractivity contribution is 6.30. The van der Waals surface area contributed by atoms with Crippen LogP contribution in [0, 0.1) is 0 Å². The lowest BCUT2D eigenvalue weighted by Gasteiger charge is -2.18. The molecule has 21 heavy (non-hydrogen) atoms. The number of hydrogen-bond acceptors (Lipinski definition) is 2. The molecule has 1 atom stereocenters. The van der Waals surface area contributed by atoms with Gasteiger partial charge < -0.3 is 10.6 Å². The molecule has 0 saturated carbocycles. The van der Waals surface area contributed by atoms with E-state index in [1.165, 1.54) is 0 Å². The molecule has 0 unspecified atom stereocenters. The summed E-state index contributed by atoms with van der Waals surface area (Å²) in [5.41, 5.74) is 2.01. The highest BCUT2D eigenvalue weighted by Crippen LogP contribution is 2.18. The standard InChI is InChI=1S/C16H18ClN3O/c1-2-15(13-5-7-14(17)8-6-13)20-16(21)19-11-12-4-3-9-18-10-12/h3-10,15H,2,11H2,1H3,(H2,19,20,21)/t15-/m0/s1. The van der Waals surface area contributed by atoms with Crippen molar-refractivity contribution in [3.05, 3.63) is 64.9 Å². The van der Waals surface area contributed by atoms with Crippen LogP contribution in [0.5, 0.6) is 0 Å². The summed E-state index contributed by atoms with van der Waals surface area (Å²) in [5, 5.41) is 6.48. The van der Waals surface area contributed by atoms with Crippen LogP contribution in [0.15, 0.2) is 48.8 Å². The number of nitrogens with zero attached hydrogens (tertiary/aromatic N) is 1. The van der Waals surface area contributed by atoms with E-state index >= 15 is 0 Å². The average molecular weight is 304 g/mol. The van der Waals surface area contributed by atoms with E-state index in [-0.39, 0.29) is 12.1 Å². The monoisotopic (exact) mass is 303 g/mol. The molecule has 0 aliphatic carbocycles. The first kappa shape index (κ1) is 15.3. The average Bonchev–Trinajstić information content (AvgIpc) is 2.52. The number of amides is 2. The SMILES string of the molecule is CC[C@H](NC(=O)NCc1cccnc1)c1ccc(Cl)cc1. The molecule has 0 spiro atoms. The smallest absolute Gasteiger partial charge is 0.315 e. The van der Waals surface area contributed by atoms with Gasteiger partial charge in [-0.25, -0.2) is 4.79 Å². The molecule has 5 heteroatoms. The van der Waals surface area contributed by atoms with Gasteiger partial charge in [0.05, 0.1) is 6.04 Å². The van der Waals surface area contributed by atoms with Gasteiger partial charge in [0.25, 0.3) is 0 Å². The zero-order valence-electron chi connectivity index (χ0n) is 11.8. The van der Waals surface area contributed by atoms with Gasteiger partial charge in [0.1, 0.15) is 0 Å². The fourth-order valence-electron chi connectivity index (χ4n) is 2.01. The lowest BCUT2D eigenvalue weighted by atomic mass is 10.1. The zero-order valence-corrected chi connectivity index (χ0v) is 12.6. The molecule has 0 saturated heterocycles. The Kier molecular flexibility index (Phi) is 5.58. The Morgan fingerprint density at radius 3 is 2.67 bits per heavy atom. The molecule has 2 amide bonds. The number of urea groups is 1. The van der Waals surface area contributed by atoms with Crippen molar-refractivity contribution in [3.63, 3.8) is 0 Å². The second-order valence-corrected chi connectivity index (χ2v) is 5.14. The van der Waals surface area contributed by atoms with Crippen molar-refractivity contribution < 1.29 is 4.79 Å². The summed E-state index contributed by atoms with van der Waals surface area (Å²) in [6, 6.07) is 11.1. The number of benzene rings is 1. The third kappa shape index (κ3) is 4.76. The fourth-order valence-corrected chi connectivity index (χ4v) is 2.14. The van der Waals surface area contributed by atoms with Crippen molar-refractivity contribution in [3.8, 4) is 0 Å². The van der Waals surface area contributed by atoms with Crippen LogP contribution in [0.2, 0.25) is 5.02 Å². The molecule has 1 aromatic carbocycles. The second-order valence-electron chi connectivity index (χ2n) is 4.70. The van der Waals surface area contributed by atoms with Crippen LogP contribution in [0.25, 0.3) is 0 Å². The van der Waals surface area contributed by atoms with Crippen molar-refractivity contribution in [1.29, 1.82) is 0 Å². The van der Waals surface area contributed by atoms with Crippen LogP contribution in [-0.2, 0) is 6.54 Å². The minimum Gasteiger partial charge on any atom is -0.334 e. The van der Waals surface area contributed by atoms with Gasteiger partial charge in [-0.1, -0.05) is 36.7 Å². The van der Waals surface area contributed by atoms with Gasteiger partial charge >= 0.3 is 6.03 Å². The first-order chi connectivity index (χ1) is 10.2. The first-order valence-corrected chi connectivity index (χ1v) is 7.25. The highest BCUT2D eigenvalue weighted by atomic mass is 35.5. The van der Waals surface area contributed by atoms with Gasteiger partial charge in [0.2, 0.25) is 0 Å². The highest BCUT2D eigenvalue weighted by Gasteiger charge is 2.12. The number of hydrogen-bond donors (Lipinski definition) is 2. The largest absolute Gasteiger partial charge is 0.334 e. The van der Waals surface area contributed by atoms with E-state index in [9.17, 15) is 4.79 Å². The maximum Gasteiger partial charge on any atom is 0.315 e. The molecule has 0 aliphatic rings. The van der Waals surface area contributed by atoms with Gasteiger partial charge in [-0.2, -0.15) is 0 Å². The maximum atomic E-state index is 12.0. The predicted octanol–water partition coefficient (Wildman–Crippen LogP) is 3.69. The summed E-state index contributed by atoms with van der Waals surface area (Å²) in [6.45, 7) is 2.48. The molecule has 0 fully saturated rings. The molecule has 1 aromatic heterocycles. The van der Waals surface area contributed by atoms with E-state index in [4.69, 9.17) is 11.6 Å². The first-order valence-electron chi connectivity index (χ1n) is 6.87. The van der Waals surface area contributed by atoms with Crippen LogP contribution in [0.4, 0.5) is 4.79 Å². The van der Waals surface area contributed by atoms with Crippen molar-refractivity contribution in [1.82, 2.24) is 15.6 Å². The topological polar surface area (TPSA) is 54.0 Å². The van der Waals surface area contributed by atoms with Crippen LogP contribution in [-0.4, -0.2) is 11.0 Å².